The molecule has 0 aliphatic rings. The smallest absolute Gasteiger partial charge is 0.308 e. The van der Waals surface area contributed by atoms with Gasteiger partial charge in [-0.3, -0.25) is 9.89 Å². The molecule has 0 bridgehead atoms. The van der Waals surface area contributed by atoms with Crippen molar-refractivity contribution >= 4 is 34.8 Å². The number of carbonyl (C=O) groups excluding carboxylic acids is 1. The van der Waals surface area contributed by atoms with E-state index in [0.717, 1.165) is 6.42 Å². The van der Waals surface area contributed by atoms with E-state index in [1.54, 1.807) is 24.3 Å². The second-order valence-electron chi connectivity index (χ2n) is 5.10. The highest BCUT2D eigenvalue weighted by molar-refractivity contribution is 6.30. The summed E-state index contributed by atoms with van der Waals surface area (Å²) in [6.07, 6.45) is 2.70. The molecule has 0 saturated heterocycles. The third kappa shape index (κ3) is 3.23. The number of carbonyl (C=O) groups is 1. The van der Waals surface area contributed by atoms with Crippen molar-refractivity contribution in [2.75, 3.05) is 10.6 Å². The van der Waals surface area contributed by atoms with Crippen LogP contribution in [0.2, 0.25) is 5.02 Å². The summed E-state index contributed by atoms with van der Waals surface area (Å²) in [6, 6.07) is 6.11. The number of H-pyrrole nitrogens is 1. The van der Waals surface area contributed by atoms with E-state index in [9.17, 15) is 9.59 Å². The van der Waals surface area contributed by atoms with Crippen molar-refractivity contribution in [3.63, 3.8) is 0 Å². The van der Waals surface area contributed by atoms with Crippen LogP contribution in [0.1, 0.15) is 19.0 Å². The maximum Gasteiger partial charge on any atom is 0.323 e. The van der Waals surface area contributed by atoms with Gasteiger partial charge in [0.2, 0.25) is 0 Å². The van der Waals surface area contributed by atoms with Gasteiger partial charge in [-0.1, -0.05) is 24.9 Å². The number of hydrogen-bond acceptors (Lipinski definition) is 4. The van der Waals surface area contributed by atoms with Gasteiger partial charge in [-0.15, -0.1) is 0 Å². The summed E-state index contributed by atoms with van der Waals surface area (Å²) in [5, 5.41) is 8.47. The van der Waals surface area contributed by atoms with Gasteiger partial charge < -0.3 is 10.6 Å². The SMILES string of the molecule is CCCc1nc2nc[nH]n2c(=O)c1NC(=O)Nc1ccc(Cl)cc1. The molecule has 9 heteroatoms. The zero-order chi connectivity index (χ0) is 17.1. The Labute approximate surface area is 141 Å². The van der Waals surface area contributed by atoms with Gasteiger partial charge in [0, 0.05) is 10.7 Å². The molecule has 2 heterocycles. The van der Waals surface area contributed by atoms with E-state index >= 15 is 0 Å². The Morgan fingerprint density at radius 3 is 2.75 bits per heavy atom. The molecule has 1 aromatic carbocycles. The number of urea groups is 1. The van der Waals surface area contributed by atoms with Gasteiger partial charge in [0.15, 0.2) is 0 Å². The molecule has 0 aliphatic heterocycles. The van der Waals surface area contributed by atoms with Crippen LogP contribution in [0, 0.1) is 0 Å². The summed E-state index contributed by atoms with van der Waals surface area (Å²) in [5.74, 6) is 0.270. The maximum absolute atomic E-state index is 12.5. The molecular weight excluding hydrogens is 332 g/mol. The van der Waals surface area contributed by atoms with Crippen molar-refractivity contribution in [3.05, 3.63) is 51.7 Å². The Morgan fingerprint density at radius 2 is 2.04 bits per heavy atom. The first kappa shape index (κ1) is 16.0. The highest BCUT2D eigenvalue weighted by Crippen LogP contribution is 2.15. The van der Waals surface area contributed by atoms with Crippen molar-refractivity contribution < 1.29 is 4.79 Å². The van der Waals surface area contributed by atoms with E-state index in [2.05, 4.69) is 25.7 Å². The number of amides is 2. The lowest BCUT2D eigenvalue weighted by Crippen LogP contribution is -2.28. The number of benzene rings is 1. The first-order valence-corrected chi connectivity index (χ1v) is 7.75. The molecule has 124 valence electrons. The van der Waals surface area contributed by atoms with E-state index in [-0.39, 0.29) is 11.5 Å². The van der Waals surface area contributed by atoms with Crippen LogP contribution in [0.4, 0.5) is 16.2 Å². The van der Waals surface area contributed by atoms with Crippen molar-refractivity contribution in [1.29, 1.82) is 0 Å². The minimum atomic E-state index is -0.534. The fourth-order valence-electron chi connectivity index (χ4n) is 2.25. The number of aromatic nitrogens is 4. The molecule has 0 spiro atoms. The van der Waals surface area contributed by atoms with Crippen molar-refractivity contribution in [2.24, 2.45) is 0 Å². The largest absolute Gasteiger partial charge is 0.323 e. The average molecular weight is 347 g/mol. The number of aromatic amines is 1. The quantitative estimate of drug-likeness (QED) is 0.675. The monoisotopic (exact) mass is 346 g/mol. The van der Waals surface area contributed by atoms with Gasteiger partial charge in [0.25, 0.3) is 11.3 Å². The first-order valence-electron chi connectivity index (χ1n) is 7.37. The van der Waals surface area contributed by atoms with E-state index in [0.29, 0.717) is 22.8 Å². The summed E-state index contributed by atoms with van der Waals surface area (Å²) < 4.78 is 1.18. The molecule has 3 rings (SSSR count). The third-order valence-corrected chi connectivity index (χ3v) is 3.59. The Hall–Kier alpha value is -2.87. The molecular formula is C15H15ClN6O2. The summed E-state index contributed by atoms with van der Waals surface area (Å²) in [4.78, 5) is 33.0. The van der Waals surface area contributed by atoms with Crippen LogP contribution in [0.3, 0.4) is 0 Å². The highest BCUT2D eigenvalue weighted by Gasteiger charge is 2.16. The van der Waals surface area contributed by atoms with Crippen molar-refractivity contribution in [1.82, 2.24) is 19.6 Å². The molecule has 0 radical (unpaired) electrons. The Kier molecular flexibility index (Phi) is 4.48. The van der Waals surface area contributed by atoms with E-state index in [4.69, 9.17) is 11.6 Å². The topological polar surface area (TPSA) is 104 Å². The normalized spacial score (nSPS) is 10.8. The van der Waals surface area contributed by atoms with Gasteiger partial charge >= 0.3 is 6.03 Å². The van der Waals surface area contributed by atoms with Crippen LogP contribution in [-0.2, 0) is 6.42 Å². The van der Waals surface area contributed by atoms with Gasteiger partial charge in [-0.05, 0) is 30.7 Å². The average Bonchev–Trinajstić information content (AvgIpc) is 3.02. The lowest BCUT2D eigenvalue weighted by atomic mass is 10.2. The molecule has 2 aromatic heterocycles. The van der Waals surface area contributed by atoms with Gasteiger partial charge in [0.1, 0.15) is 12.0 Å². The number of nitrogens with zero attached hydrogens (tertiary/aromatic N) is 3. The summed E-state index contributed by atoms with van der Waals surface area (Å²) in [6.45, 7) is 1.96. The summed E-state index contributed by atoms with van der Waals surface area (Å²) in [5.41, 5.74) is 0.780. The van der Waals surface area contributed by atoms with E-state index in [1.165, 1.54) is 10.8 Å². The number of aryl methyl sites for hydroxylation is 1. The molecule has 24 heavy (non-hydrogen) atoms. The molecule has 0 fully saturated rings. The highest BCUT2D eigenvalue weighted by atomic mass is 35.5. The van der Waals surface area contributed by atoms with Gasteiger partial charge in [-0.2, -0.15) is 4.52 Å². The minimum absolute atomic E-state index is 0.130. The molecule has 0 saturated carbocycles. The number of halogens is 1. The van der Waals surface area contributed by atoms with E-state index < -0.39 is 11.6 Å². The number of fused-ring (bicyclic) bond motifs is 1. The fraction of sp³-hybridized carbons (Fsp3) is 0.200. The molecule has 0 atom stereocenters. The second kappa shape index (κ2) is 6.71. The molecule has 2 amide bonds. The predicted octanol–water partition coefficient (Wildman–Crippen LogP) is 2.67. The third-order valence-electron chi connectivity index (χ3n) is 3.33. The van der Waals surface area contributed by atoms with Gasteiger partial charge in [-0.25, -0.2) is 14.8 Å². The molecule has 0 unspecified atom stereocenters. The first-order chi connectivity index (χ1) is 11.6. The fourth-order valence-corrected chi connectivity index (χ4v) is 2.38. The van der Waals surface area contributed by atoms with Crippen LogP contribution in [-0.4, -0.2) is 25.6 Å². The molecule has 0 aliphatic carbocycles. The Morgan fingerprint density at radius 1 is 1.29 bits per heavy atom. The summed E-state index contributed by atoms with van der Waals surface area (Å²) >= 11 is 5.81. The lowest BCUT2D eigenvalue weighted by Gasteiger charge is -2.10. The number of anilines is 2. The van der Waals surface area contributed by atoms with Crippen molar-refractivity contribution in [2.45, 2.75) is 19.8 Å². The van der Waals surface area contributed by atoms with Crippen molar-refractivity contribution in [3.8, 4) is 0 Å². The predicted molar refractivity (Wildman–Crippen MR) is 91.7 cm³/mol. The van der Waals surface area contributed by atoms with Gasteiger partial charge in [0.05, 0.1) is 5.69 Å². The van der Waals surface area contributed by atoms with Crippen LogP contribution < -0.4 is 16.2 Å². The van der Waals surface area contributed by atoms with Crippen LogP contribution in [0.25, 0.3) is 5.78 Å². The number of rotatable bonds is 4. The zero-order valence-corrected chi connectivity index (χ0v) is 13.6. The number of hydrogen-bond donors (Lipinski definition) is 3. The maximum atomic E-state index is 12.5. The summed E-state index contributed by atoms with van der Waals surface area (Å²) in [7, 11) is 0. The van der Waals surface area contributed by atoms with Crippen LogP contribution >= 0.6 is 11.6 Å². The standard InChI is InChI=1S/C15H15ClN6O2/c1-2-3-11-12(13(23)22-14(20-11)17-8-18-22)21-15(24)19-10-6-4-9(16)5-7-10/h4-8H,2-3H2,1H3,(H,17,18,20)(H2,19,21,24). The number of nitrogens with one attached hydrogen (secondary N) is 3. The zero-order valence-electron chi connectivity index (χ0n) is 12.8. The van der Waals surface area contributed by atoms with E-state index in [1.807, 2.05) is 6.92 Å². The lowest BCUT2D eigenvalue weighted by molar-refractivity contribution is 0.262. The molecule has 8 nitrogen and oxygen atoms in total. The Balaban J connectivity index is 1.89. The van der Waals surface area contributed by atoms with Crippen LogP contribution in [0.15, 0.2) is 35.4 Å². The Bertz CT molecular complexity index is 931. The minimum Gasteiger partial charge on any atom is -0.308 e. The second-order valence-corrected chi connectivity index (χ2v) is 5.53. The molecule has 3 aromatic rings. The molecule has 3 N–H and O–H groups in total. The van der Waals surface area contributed by atoms with Crippen LogP contribution in [0.5, 0.6) is 0 Å².